The normalized spacial score (nSPS) is 41.5. The summed E-state index contributed by atoms with van der Waals surface area (Å²) in [7, 11) is 0. The van der Waals surface area contributed by atoms with E-state index in [1.54, 1.807) is 6.42 Å². The summed E-state index contributed by atoms with van der Waals surface area (Å²) in [6.45, 7) is 1.06. The van der Waals surface area contributed by atoms with Gasteiger partial charge in [-0.05, 0) is 83.2 Å². The molecule has 0 atom stereocenters. The zero-order valence-corrected chi connectivity index (χ0v) is 13.0. The van der Waals surface area contributed by atoms with Crippen LogP contribution in [0.1, 0.15) is 37.0 Å². The van der Waals surface area contributed by atoms with Crippen molar-refractivity contribution in [2.24, 2.45) is 23.7 Å². The number of hydrogen-bond acceptors (Lipinski definition) is 2. The van der Waals surface area contributed by atoms with Gasteiger partial charge in [-0.3, -0.25) is 0 Å². The highest BCUT2D eigenvalue weighted by Gasteiger charge is 2.47. The van der Waals surface area contributed by atoms with Crippen LogP contribution >= 0.6 is 27.3 Å². The molecule has 3 heteroatoms. The lowest BCUT2D eigenvalue weighted by molar-refractivity contribution is -0.0142. The van der Waals surface area contributed by atoms with E-state index in [2.05, 4.69) is 32.7 Å². The van der Waals surface area contributed by atoms with Gasteiger partial charge >= 0.3 is 0 Å². The van der Waals surface area contributed by atoms with Crippen molar-refractivity contribution in [2.45, 2.75) is 44.7 Å². The van der Waals surface area contributed by atoms with Crippen LogP contribution < -0.4 is 5.32 Å². The van der Waals surface area contributed by atoms with Gasteiger partial charge < -0.3 is 5.32 Å². The van der Waals surface area contributed by atoms with Gasteiger partial charge in [-0.2, -0.15) is 0 Å². The second kappa shape index (κ2) is 4.60. The molecule has 0 unspecified atom stereocenters. The van der Waals surface area contributed by atoms with Crippen molar-refractivity contribution < 1.29 is 0 Å². The maximum Gasteiger partial charge on any atom is 0.0327 e. The summed E-state index contributed by atoms with van der Waals surface area (Å²) in [6.07, 6.45) is 7.59. The Morgan fingerprint density at radius 2 is 1.78 bits per heavy atom. The van der Waals surface area contributed by atoms with Gasteiger partial charge in [0.25, 0.3) is 0 Å². The van der Waals surface area contributed by atoms with E-state index in [4.69, 9.17) is 0 Å². The zero-order chi connectivity index (χ0) is 12.1. The van der Waals surface area contributed by atoms with Crippen LogP contribution in [0.4, 0.5) is 0 Å². The smallest absolute Gasteiger partial charge is 0.0327 e. The van der Waals surface area contributed by atoms with Crippen LogP contribution in [0.5, 0.6) is 0 Å². The maximum absolute atomic E-state index is 3.89. The van der Waals surface area contributed by atoms with Crippen LogP contribution in [-0.2, 0) is 6.54 Å². The van der Waals surface area contributed by atoms with Crippen LogP contribution in [-0.4, -0.2) is 6.04 Å². The predicted octanol–water partition coefficient (Wildman–Crippen LogP) is 4.42. The number of thiophene rings is 1. The van der Waals surface area contributed by atoms with Gasteiger partial charge in [-0.25, -0.2) is 0 Å². The van der Waals surface area contributed by atoms with Crippen molar-refractivity contribution in [1.29, 1.82) is 0 Å². The second-order valence-corrected chi connectivity index (χ2v) is 8.38. The Kier molecular flexibility index (Phi) is 3.05. The summed E-state index contributed by atoms with van der Waals surface area (Å²) in [5.74, 6) is 4.14. The molecule has 18 heavy (non-hydrogen) atoms. The van der Waals surface area contributed by atoms with Crippen LogP contribution in [0.15, 0.2) is 15.9 Å². The second-order valence-electron chi connectivity index (χ2n) is 6.53. The lowest BCUT2D eigenvalue weighted by Crippen LogP contribution is -2.54. The molecule has 1 nitrogen and oxygen atoms in total. The lowest BCUT2D eigenvalue weighted by Gasteiger charge is -2.54. The average Bonchev–Trinajstić information content (AvgIpc) is 2.73. The molecule has 0 amide bonds. The van der Waals surface area contributed by atoms with Crippen LogP contribution in [0, 0.1) is 23.7 Å². The van der Waals surface area contributed by atoms with Crippen LogP contribution in [0.2, 0.25) is 0 Å². The lowest BCUT2D eigenvalue weighted by atomic mass is 9.54. The summed E-state index contributed by atoms with van der Waals surface area (Å²) < 4.78 is 1.28. The molecule has 1 aromatic rings. The van der Waals surface area contributed by atoms with Crippen LogP contribution in [0.3, 0.4) is 0 Å². The summed E-state index contributed by atoms with van der Waals surface area (Å²) >= 11 is 5.51. The van der Waals surface area contributed by atoms with Crippen molar-refractivity contribution in [2.75, 3.05) is 0 Å². The molecular weight excluding hydrogens is 306 g/mol. The highest BCUT2D eigenvalue weighted by atomic mass is 79.9. The molecule has 0 spiro atoms. The zero-order valence-electron chi connectivity index (χ0n) is 10.6. The first-order valence-electron chi connectivity index (χ1n) is 7.25. The first-order chi connectivity index (χ1) is 8.79. The molecule has 4 aliphatic carbocycles. The third-order valence-corrected chi connectivity index (χ3v) is 7.34. The van der Waals surface area contributed by atoms with E-state index in [1.165, 1.54) is 35.0 Å². The first kappa shape index (κ1) is 11.9. The minimum absolute atomic E-state index is 0.812. The van der Waals surface area contributed by atoms with Gasteiger partial charge in [0.15, 0.2) is 0 Å². The number of nitrogens with one attached hydrogen (secondary N) is 1. The molecule has 5 rings (SSSR count). The first-order valence-corrected chi connectivity index (χ1v) is 8.92. The minimum atomic E-state index is 0.812. The van der Waals surface area contributed by atoms with Gasteiger partial charge in [0.05, 0.1) is 0 Å². The molecule has 4 saturated carbocycles. The van der Waals surface area contributed by atoms with E-state index < -0.39 is 0 Å². The minimum Gasteiger partial charge on any atom is -0.309 e. The summed E-state index contributed by atoms with van der Waals surface area (Å²) in [6, 6.07) is 2.98. The third-order valence-electron chi connectivity index (χ3n) is 5.42. The van der Waals surface area contributed by atoms with Crippen LogP contribution in [0.25, 0.3) is 0 Å². The Labute approximate surface area is 121 Å². The largest absolute Gasteiger partial charge is 0.309 e. The summed E-state index contributed by atoms with van der Waals surface area (Å²) in [4.78, 5) is 1.46. The molecule has 0 aromatic carbocycles. The van der Waals surface area contributed by atoms with Gasteiger partial charge in [-0.15, -0.1) is 11.3 Å². The van der Waals surface area contributed by atoms with Gasteiger partial charge in [-0.1, -0.05) is 0 Å². The molecule has 0 saturated heterocycles. The molecule has 1 heterocycles. The van der Waals surface area contributed by atoms with E-state index in [0.29, 0.717) is 0 Å². The van der Waals surface area contributed by atoms with Gasteiger partial charge in [0, 0.05) is 21.9 Å². The summed E-state index contributed by atoms with van der Waals surface area (Å²) in [5, 5.41) is 6.07. The highest BCUT2D eigenvalue weighted by molar-refractivity contribution is 9.10. The molecule has 4 aliphatic rings. The third kappa shape index (κ3) is 1.99. The molecule has 4 fully saturated rings. The Morgan fingerprint density at radius 3 is 2.33 bits per heavy atom. The molecule has 1 N–H and O–H groups in total. The maximum atomic E-state index is 3.89. The van der Waals surface area contributed by atoms with Crippen molar-refractivity contribution >= 4 is 27.3 Å². The number of halogens is 1. The van der Waals surface area contributed by atoms with E-state index in [1.807, 2.05) is 11.3 Å². The fourth-order valence-corrected chi connectivity index (χ4v) is 6.36. The van der Waals surface area contributed by atoms with Crippen molar-refractivity contribution in [3.8, 4) is 0 Å². The molecule has 0 aliphatic heterocycles. The SMILES string of the molecule is Brc1ccsc1CNC1C2CC3CC(C2)CC1C3. The number of rotatable bonds is 3. The molecular formula is C15H20BrNS. The molecule has 0 radical (unpaired) electrons. The van der Waals surface area contributed by atoms with Crippen molar-refractivity contribution in [3.63, 3.8) is 0 Å². The number of hydrogen-bond donors (Lipinski definition) is 1. The standard InChI is InChI=1S/C15H20BrNS/c16-13-1-2-18-14(13)8-17-15-11-4-9-3-10(6-11)7-12(15)5-9/h1-2,9-12,15,17H,3-8H2. The van der Waals surface area contributed by atoms with Gasteiger partial charge in [0.2, 0.25) is 0 Å². The van der Waals surface area contributed by atoms with Crippen molar-refractivity contribution in [1.82, 2.24) is 5.32 Å². The summed E-state index contributed by atoms with van der Waals surface area (Å²) in [5.41, 5.74) is 0. The predicted molar refractivity (Wildman–Crippen MR) is 79.7 cm³/mol. The van der Waals surface area contributed by atoms with E-state index in [9.17, 15) is 0 Å². The Balaban J connectivity index is 1.45. The Hall–Kier alpha value is 0.140. The monoisotopic (exact) mass is 325 g/mol. The van der Waals surface area contributed by atoms with E-state index in [-0.39, 0.29) is 0 Å². The van der Waals surface area contributed by atoms with Crippen molar-refractivity contribution in [3.05, 3.63) is 20.8 Å². The van der Waals surface area contributed by atoms with E-state index in [0.717, 1.165) is 36.3 Å². The molecule has 98 valence electrons. The molecule has 1 aromatic heterocycles. The molecule has 4 bridgehead atoms. The average molecular weight is 326 g/mol. The highest BCUT2D eigenvalue weighted by Crippen LogP contribution is 2.53. The Morgan fingerprint density at radius 1 is 1.11 bits per heavy atom. The Bertz CT molecular complexity index is 413. The fraction of sp³-hybridized carbons (Fsp3) is 0.733. The van der Waals surface area contributed by atoms with E-state index >= 15 is 0 Å². The van der Waals surface area contributed by atoms with Gasteiger partial charge in [0.1, 0.15) is 0 Å². The quantitative estimate of drug-likeness (QED) is 0.867. The topological polar surface area (TPSA) is 12.0 Å². The fourth-order valence-electron chi connectivity index (χ4n) is 4.92.